The van der Waals surface area contributed by atoms with Gasteiger partial charge in [-0.25, -0.2) is 4.98 Å². The quantitative estimate of drug-likeness (QED) is 0.627. The summed E-state index contributed by atoms with van der Waals surface area (Å²) in [6, 6.07) is 4.13. The lowest BCUT2D eigenvalue weighted by Crippen LogP contribution is -2.36. The minimum atomic E-state index is 0.224. The van der Waals surface area contributed by atoms with E-state index in [1.165, 1.54) is 0 Å². The van der Waals surface area contributed by atoms with Crippen molar-refractivity contribution in [2.45, 2.75) is 13.0 Å². The second kappa shape index (κ2) is 3.05. The zero-order valence-electron chi connectivity index (χ0n) is 7.70. The second-order valence-corrected chi connectivity index (χ2v) is 3.00. The molecule has 1 aromatic rings. The third-order valence-electron chi connectivity index (χ3n) is 2.08. The van der Waals surface area contributed by atoms with Crippen molar-refractivity contribution in [3.8, 4) is 0 Å². The van der Waals surface area contributed by atoms with Crippen molar-refractivity contribution in [3.63, 3.8) is 0 Å². The highest BCUT2D eigenvalue weighted by atomic mass is 15.2. The third-order valence-corrected chi connectivity index (χ3v) is 2.08. The standard InChI is InChI=1S/C9H12N4/c1-6-8(10-2)13-9-7(12-6)4-3-5-11-9/h3-6,12H,1-2H3,(H,10,11,13). The van der Waals surface area contributed by atoms with Crippen molar-refractivity contribution in [1.29, 1.82) is 0 Å². The number of rotatable bonds is 0. The number of aliphatic imine (C=N–C) groups is 1. The van der Waals surface area contributed by atoms with Crippen LogP contribution in [0.25, 0.3) is 0 Å². The minimum Gasteiger partial charge on any atom is -0.372 e. The van der Waals surface area contributed by atoms with Gasteiger partial charge < -0.3 is 10.6 Å². The topological polar surface area (TPSA) is 49.3 Å². The van der Waals surface area contributed by atoms with E-state index in [-0.39, 0.29) is 6.04 Å². The highest BCUT2D eigenvalue weighted by molar-refractivity contribution is 6.05. The summed E-state index contributed by atoms with van der Waals surface area (Å²) in [5.74, 6) is 1.77. The monoisotopic (exact) mass is 176 g/mol. The molecule has 2 N–H and O–H groups in total. The van der Waals surface area contributed by atoms with Crippen LogP contribution in [0.2, 0.25) is 0 Å². The summed E-state index contributed by atoms with van der Waals surface area (Å²) in [6.07, 6.45) is 1.76. The van der Waals surface area contributed by atoms with Crippen molar-refractivity contribution in [2.75, 3.05) is 17.7 Å². The molecule has 1 aromatic heterocycles. The van der Waals surface area contributed by atoms with Crippen LogP contribution >= 0.6 is 0 Å². The first kappa shape index (κ1) is 8.04. The van der Waals surface area contributed by atoms with E-state index in [1.54, 1.807) is 13.2 Å². The Morgan fingerprint density at radius 1 is 1.54 bits per heavy atom. The molecule has 0 fully saturated rings. The fourth-order valence-corrected chi connectivity index (χ4v) is 1.40. The fraction of sp³-hybridized carbons (Fsp3) is 0.333. The summed E-state index contributed by atoms with van der Waals surface area (Å²) in [6.45, 7) is 2.06. The molecule has 2 rings (SSSR count). The first-order valence-electron chi connectivity index (χ1n) is 4.26. The smallest absolute Gasteiger partial charge is 0.154 e. The number of anilines is 2. The Hall–Kier alpha value is -1.58. The van der Waals surface area contributed by atoms with Crippen LogP contribution in [0.4, 0.5) is 11.5 Å². The van der Waals surface area contributed by atoms with Crippen LogP contribution in [0.5, 0.6) is 0 Å². The Bertz CT molecular complexity index is 345. The summed E-state index contributed by atoms with van der Waals surface area (Å²) in [7, 11) is 1.77. The van der Waals surface area contributed by atoms with Gasteiger partial charge in [-0.15, -0.1) is 0 Å². The molecule has 0 saturated heterocycles. The van der Waals surface area contributed by atoms with Crippen LogP contribution in [-0.2, 0) is 0 Å². The van der Waals surface area contributed by atoms with Gasteiger partial charge in [0.05, 0.1) is 11.7 Å². The predicted molar refractivity (Wildman–Crippen MR) is 54.3 cm³/mol. The molecular formula is C9H12N4. The third kappa shape index (κ3) is 1.35. The zero-order chi connectivity index (χ0) is 9.26. The number of fused-ring (bicyclic) bond motifs is 1. The summed E-state index contributed by atoms with van der Waals surface area (Å²) in [5.41, 5.74) is 1.03. The van der Waals surface area contributed by atoms with Gasteiger partial charge in [0.1, 0.15) is 5.84 Å². The number of pyridine rings is 1. The van der Waals surface area contributed by atoms with E-state index < -0.39 is 0 Å². The molecule has 1 atom stereocenters. The molecule has 0 aromatic carbocycles. The van der Waals surface area contributed by atoms with Gasteiger partial charge in [-0.2, -0.15) is 0 Å². The Morgan fingerprint density at radius 3 is 3.15 bits per heavy atom. The highest BCUT2D eigenvalue weighted by Crippen LogP contribution is 2.23. The van der Waals surface area contributed by atoms with Crippen LogP contribution in [0.3, 0.4) is 0 Å². The Labute approximate surface area is 77.1 Å². The lowest BCUT2D eigenvalue weighted by molar-refractivity contribution is 1.01. The Kier molecular flexibility index (Phi) is 1.88. The van der Waals surface area contributed by atoms with Crippen molar-refractivity contribution in [1.82, 2.24) is 4.98 Å². The van der Waals surface area contributed by atoms with Crippen LogP contribution in [0.15, 0.2) is 23.3 Å². The molecule has 68 valence electrons. The van der Waals surface area contributed by atoms with Crippen LogP contribution in [-0.4, -0.2) is 23.9 Å². The van der Waals surface area contributed by atoms with Crippen LogP contribution in [0, 0.1) is 0 Å². The molecule has 0 spiro atoms. The van der Waals surface area contributed by atoms with Crippen molar-refractivity contribution < 1.29 is 0 Å². The van der Waals surface area contributed by atoms with Crippen LogP contribution in [0.1, 0.15) is 6.92 Å². The number of hydrogen-bond donors (Lipinski definition) is 2. The van der Waals surface area contributed by atoms with E-state index in [1.807, 2.05) is 12.1 Å². The van der Waals surface area contributed by atoms with Gasteiger partial charge in [-0.05, 0) is 19.1 Å². The number of amidine groups is 1. The first-order chi connectivity index (χ1) is 6.31. The van der Waals surface area contributed by atoms with Gasteiger partial charge in [0, 0.05) is 13.2 Å². The largest absolute Gasteiger partial charge is 0.372 e. The molecular weight excluding hydrogens is 164 g/mol. The highest BCUT2D eigenvalue weighted by Gasteiger charge is 2.18. The number of aromatic nitrogens is 1. The predicted octanol–water partition coefficient (Wildman–Crippen LogP) is 1.34. The molecule has 4 nitrogen and oxygen atoms in total. The maximum Gasteiger partial charge on any atom is 0.154 e. The van der Waals surface area contributed by atoms with Crippen molar-refractivity contribution in [2.24, 2.45) is 4.99 Å². The average molecular weight is 176 g/mol. The van der Waals surface area contributed by atoms with E-state index in [2.05, 4.69) is 27.5 Å². The van der Waals surface area contributed by atoms with Crippen LogP contribution < -0.4 is 10.6 Å². The first-order valence-corrected chi connectivity index (χ1v) is 4.26. The molecule has 1 aliphatic heterocycles. The van der Waals surface area contributed by atoms with E-state index in [4.69, 9.17) is 0 Å². The van der Waals surface area contributed by atoms with E-state index in [0.29, 0.717) is 0 Å². The van der Waals surface area contributed by atoms with Gasteiger partial charge in [0.15, 0.2) is 5.82 Å². The molecule has 0 aliphatic carbocycles. The summed E-state index contributed by atoms with van der Waals surface area (Å²) < 4.78 is 0. The summed E-state index contributed by atoms with van der Waals surface area (Å²) in [5, 5.41) is 6.48. The van der Waals surface area contributed by atoms with Crippen molar-refractivity contribution in [3.05, 3.63) is 18.3 Å². The SMILES string of the molecule is CN=C1Nc2ncccc2NC1C. The minimum absolute atomic E-state index is 0.224. The molecule has 2 heterocycles. The lowest BCUT2D eigenvalue weighted by atomic mass is 10.2. The molecule has 1 aliphatic rings. The van der Waals surface area contributed by atoms with E-state index >= 15 is 0 Å². The maximum absolute atomic E-state index is 4.20. The molecule has 0 amide bonds. The molecule has 0 saturated carbocycles. The maximum atomic E-state index is 4.20. The van der Waals surface area contributed by atoms with Gasteiger partial charge in [0.2, 0.25) is 0 Å². The zero-order valence-corrected chi connectivity index (χ0v) is 7.70. The Morgan fingerprint density at radius 2 is 2.38 bits per heavy atom. The molecule has 4 heteroatoms. The molecule has 0 radical (unpaired) electrons. The normalized spacial score (nSPS) is 23.2. The summed E-state index contributed by atoms with van der Waals surface area (Å²) in [4.78, 5) is 8.33. The average Bonchev–Trinajstić information content (AvgIpc) is 2.17. The number of nitrogens with zero attached hydrogens (tertiary/aromatic N) is 2. The summed E-state index contributed by atoms with van der Waals surface area (Å²) >= 11 is 0. The Balaban J connectivity index is 2.38. The molecule has 13 heavy (non-hydrogen) atoms. The van der Waals surface area contributed by atoms with Gasteiger partial charge in [-0.1, -0.05) is 0 Å². The van der Waals surface area contributed by atoms with Gasteiger partial charge in [-0.3, -0.25) is 4.99 Å². The van der Waals surface area contributed by atoms with E-state index in [0.717, 1.165) is 17.3 Å². The molecule has 0 bridgehead atoms. The number of nitrogens with one attached hydrogen (secondary N) is 2. The van der Waals surface area contributed by atoms with E-state index in [9.17, 15) is 0 Å². The molecule has 1 unspecified atom stereocenters. The van der Waals surface area contributed by atoms with Gasteiger partial charge in [0.25, 0.3) is 0 Å². The van der Waals surface area contributed by atoms with Crippen molar-refractivity contribution >= 4 is 17.3 Å². The second-order valence-electron chi connectivity index (χ2n) is 3.00. The van der Waals surface area contributed by atoms with Gasteiger partial charge >= 0.3 is 0 Å². The number of hydrogen-bond acceptors (Lipinski definition) is 3. The fourth-order valence-electron chi connectivity index (χ4n) is 1.40. The lowest BCUT2D eigenvalue weighted by Gasteiger charge is -2.25.